The van der Waals surface area contributed by atoms with Crippen LogP contribution in [-0.2, 0) is 16.1 Å². The fourth-order valence-corrected chi connectivity index (χ4v) is 3.19. The summed E-state index contributed by atoms with van der Waals surface area (Å²) in [6.07, 6.45) is 5.19. The van der Waals surface area contributed by atoms with E-state index in [0.717, 1.165) is 24.5 Å². The first-order chi connectivity index (χ1) is 12.6. The van der Waals surface area contributed by atoms with Crippen LogP contribution in [0.2, 0.25) is 0 Å². The molecule has 0 spiro atoms. The van der Waals surface area contributed by atoms with E-state index in [2.05, 4.69) is 33.9 Å². The highest BCUT2D eigenvalue weighted by molar-refractivity contribution is 5.83. The van der Waals surface area contributed by atoms with Gasteiger partial charge in [0.25, 0.3) is 0 Å². The minimum atomic E-state index is -0.368. The van der Waals surface area contributed by atoms with Gasteiger partial charge in [-0.2, -0.15) is 0 Å². The number of morpholine rings is 1. The third-order valence-electron chi connectivity index (χ3n) is 4.60. The van der Waals surface area contributed by atoms with Crippen LogP contribution in [-0.4, -0.2) is 68.8 Å². The maximum absolute atomic E-state index is 13.3. The number of pyridine rings is 1. The second-order valence-corrected chi connectivity index (χ2v) is 6.78. The van der Waals surface area contributed by atoms with E-state index in [1.165, 1.54) is 0 Å². The van der Waals surface area contributed by atoms with Gasteiger partial charge in [0.2, 0.25) is 5.91 Å². The van der Waals surface area contributed by atoms with Gasteiger partial charge in [0, 0.05) is 38.6 Å². The van der Waals surface area contributed by atoms with Crippen LogP contribution in [0.25, 0.3) is 0 Å². The van der Waals surface area contributed by atoms with Crippen molar-refractivity contribution < 1.29 is 9.53 Å². The van der Waals surface area contributed by atoms with Crippen molar-refractivity contribution in [1.29, 1.82) is 0 Å². The van der Waals surface area contributed by atoms with Crippen LogP contribution in [0.5, 0.6) is 0 Å². The first-order valence-electron chi connectivity index (χ1n) is 8.93. The zero-order valence-corrected chi connectivity index (χ0v) is 15.6. The van der Waals surface area contributed by atoms with Crippen molar-refractivity contribution in [3.05, 3.63) is 42.2 Å². The summed E-state index contributed by atoms with van der Waals surface area (Å²) in [5.41, 5.74) is 0.900. The second kappa shape index (κ2) is 8.37. The molecule has 0 radical (unpaired) electrons. The largest absolute Gasteiger partial charge is 0.379 e. The predicted molar refractivity (Wildman–Crippen MR) is 96.3 cm³/mol. The number of aromatic nitrogens is 4. The highest BCUT2D eigenvalue weighted by atomic mass is 16.5. The standard InChI is InChI=1S/C18H26N6O2/c1-14(2)24-13-20-21-16(24)12-22(3)18(25)17(15-5-4-6-19-11-15)23-7-9-26-10-8-23/h4-6,11,13-14,17H,7-10,12H2,1-3H3/t17-/m0/s1. The maximum Gasteiger partial charge on any atom is 0.244 e. The Balaban J connectivity index is 1.81. The molecule has 2 aromatic heterocycles. The second-order valence-electron chi connectivity index (χ2n) is 6.78. The predicted octanol–water partition coefficient (Wildman–Crippen LogP) is 1.29. The van der Waals surface area contributed by atoms with Crippen LogP contribution >= 0.6 is 0 Å². The van der Waals surface area contributed by atoms with E-state index in [0.29, 0.717) is 19.8 Å². The molecule has 3 heterocycles. The van der Waals surface area contributed by atoms with Crippen molar-refractivity contribution >= 4 is 5.91 Å². The Morgan fingerprint density at radius 2 is 2.12 bits per heavy atom. The van der Waals surface area contributed by atoms with Gasteiger partial charge >= 0.3 is 0 Å². The van der Waals surface area contributed by atoms with Crippen LogP contribution < -0.4 is 0 Å². The minimum absolute atomic E-state index is 0.0261. The van der Waals surface area contributed by atoms with Crippen molar-refractivity contribution in [3.8, 4) is 0 Å². The zero-order chi connectivity index (χ0) is 18.5. The molecule has 0 aliphatic carbocycles. The van der Waals surface area contributed by atoms with Gasteiger partial charge in [0.05, 0.1) is 19.8 Å². The Morgan fingerprint density at radius 1 is 1.35 bits per heavy atom. The molecule has 0 N–H and O–H groups in total. The van der Waals surface area contributed by atoms with Gasteiger partial charge in [-0.1, -0.05) is 6.07 Å². The first kappa shape index (κ1) is 18.5. The maximum atomic E-state index is 13.3. The number of hydrogen-bond acceptors (Lipinski definition) is 6. The Bertz CT molecular complexity index is 711. The molecule has 1 saturated heterocycles. The summed E-state index contributed by atoms with van der Waals surface area (Å²) in [6.45, 7) is 7.27. The Morgan fingerprint density at radius 3 is 2.77 bits per heavy atom. The van der Waals surface area contributed by atoms with Gasteiger partial charge in [0.15, 0.2) is 5.82 Å². The summed E-state index contributed by atoms with van der Waals surface area (Å²) in [4.78, 5) is 21.4. The number of ether oxygens (including phenoxy) is 1. The van der Waals surface area contributed by atoms with Crippen LogP contribution in [0, 0.1) is 0 Å². The summed E-state index contributed by atoms with van der Waals surface area (Å²) in [7, 11) is 1.81. The van der Waals surface area contributed by atoms with E-state index in [4.69, 9.17) is 4.74 Å². The molecular weight excluding hydrogens is 332 g/mol. The number of likely N-dealkylation sites (N-methyl/N-ethyl adjacent to an activating group) is 1. The normalized spacial score (nSPS) is 16.6. The molecule has 1 amide bonds. The van der Waals surface area contributed by atoms with E-state index in [1.807, 2.05) is 23.7 Å². The van der Waals surface area contributed by atoms with E-state index in [9.17, 15) is 4.79 Å². The Labute approximate surface area is 153 Å². The zero-order valence-electron chi connectivity index (χ0n) is 15.6. The molecule has 1 aliphatic heterocycles. The average molecular weight is 358 g/mol. The molecule has 0 aromatic carbocycles. The van der Waals surface area contributed by atoms with Crippen LogP contribution in [0.1, 0.15) is 37.3 Å². The first-order valence-corrected chi connectivity index (χ1v) is 8.93. The molecule has 1 fully saturated rings. The molecule has 26 heavy (non-hydrogen) atoms. The molecule has 8 heteroatoms. The molecule has 1 atom stereocenters. The van der Waals surface area contributed by atoms with Crippen LogP contribution in [0.3, 0.4) is 0 Å². The van der Waals surface area contributed by atoms with Gasteiger partial charge in [-0.15, -0.1) is 10.2 Å². The minimum Gasteiger partial charge on any atom is -0.379 e. The van der Waals surface area contributed by atoms with Gasteiger partial charge < -0.3 is 14.2 Å². The number of hydrogen-bond donors (Lipinski definition) is 0. The molecule has 3 rings (SSSR count). The third-order valence-corrected chi connectivity index (χ3v) is 4.60. The average Bonchev–Trinajstić information content (AvgIpc) is 3.12. The number of carbonyl (C=O) groups excluding carboxylic acids is 1. The monoisotopic (exact) mass is 358 g/mol. The lowest BCUT2D eigenvalue weighted by atomic mass is 10.1. The molecule has 8 nitrogen and oxygen atoms in total. The quantitative estimate of drug-likeness (QED) is 0.774. The molecule has 1 aliphatic rings. The molecule has 0 unspecified atom stereocenters. The van der Waals surface area contributed by atoms with Crippen LogP contribution in [0.4, 0.5) is 0 Å². The number of amides is 1. The molecule has 140 valence electrons. The molecular formula is C18H26N6O2. The lowest BCUT2D eigenvalue weighted by Gasteiger charge is -2.35. The Kier molecular flexibility index (Phi) is 5.95. The van der Waals surface area contributed by atoms with Crippen molar-refractivity contribution in [2.75, 3.05) is 33.4 Å². The molecule has 0 bridgehead atoms. The van der Waals surface area contributed by atoms with E-state index >= 15 is 0 Å². The summed E-state index contributed by atoms with van der Waals surface area (Å²) >= 11 is 0. The topological polar surface area (TPSA) is 76.4 Å². The lowest BCUT2D eigenvalue weighted by Crippen LogP contribution is -2.46. The summed E-state index contributed by atoms with van der Waals surface area (Å²) in [6, 6.07) is 3.70. The summed E-state index contributed by atoms with van der Waals surface area (Å²) in [5.74, 6) is 0.806. The van der Waals surface area contributed by atoms with Crippen molar-refractivity contribution in [1.82, 2.24) is 29.5 Å². The molecule has 2 aromatic rings. The van der Waals surface area contributed by atoms with Gasteiger partial charge in [-0.3, -0.25) is 14.7 Å². The van der Waals surface area contributed by atoms with Gasteiger partial charge in [0.1, 0.15) is 12.4 Å². The SMILES string of the molecule is CC(C)n1cnnc1CN(C)C(=O)[C@H](c1cccnc1)N1CCOCC1. The van der Waals surface area contributed by atoms with Gasteiger partial charge in [-0.25, -0.2) is 0 Å². The number of nitrogens with zero attached hydrogens (tertiary/aromatic N) is 6. The van der Waals surface area contributed by atoms with Crippen molar-refractivity contribution in [3.63, 3.8) is 0 Å². The van der Waals surface area contributed by atoms with E-state index in [1.54, 1.807) is 23.6 Å². The van der Waals surface area contributed by atoms with Crippen LogP contribution in [0.15, 0.2) is 30.9 Å². The van der Waals surface area contributed by atoms with Crippen molar-refractivity contribution in [2.45, 2.75) is 32.5 Å². The number of rotatable bonds is 6. The number of carbonyl (C=O) groups is 1. The lowest BCUT2D eigenvalue weighted by molar-refractivity contribution is -0.138. The fraction of sp³-hybridized carbons (Fsp3) is 0.556. The summed E-state index contributed by atoms with van der Waals surface area (Å²) < 4.78 is 7.43. The third kappa shape index (κ3) is 4.08. The van der Waals surface area contributed by atoms with E-state index in [-0.39, 0.29) is 18.0 Å². The van der Waals surface area contributed by atoms with E-state index < -0.39 is 0 Å². The molecule has 0 saturated carbocycles. The smallest absolute Gasteiger partial charge is 0.244 e. The highest BCUT2D eigenvalue weighted by Crippen LogP contribution is 2.24. The van der Waals surface area contributed by atoms with Crippen molar-refractivity contribution in [2.24, 2.45) is 0 Å². The Hall–Kier alpha value is -2.32. The fourth-order valence-electron chi connectivity index (χ4n) is 3.19. The summed E-state index contributed by atoms with van der Waals surface area (Å²) in [5, 5.41) is 8.16. The highest BCUT2D eigenvalue weighted by Gasteiger charge is 2.31. The van der Waals surface area contributed by atoms with Gasteiger partial charge in [-0.05, 0) is 25.5 Å².